The highest BCUT2D eigenvalue weighted by molar-refractivity contribution is 6.05. The molecule has 0 unspecified atom stereocenters. The van der Waals surface area contributed by atoms with Crippen LogP contribution in [0.2, 0.25) is 0 Å². The normalized spacial score (nSPS) is 13.4. The first kappa shape index (κ1) is 21.9. The number of nitrogens with one attached hydrogen (secondary N) is 2. The third-order valence-corrected chi connectivity index (χ3v) is 4.29. The van der Waals surface area contributed by atoms with Crippen molar-refractivity contribution in [1.29, 1.82) is 0 Å². The molecule has 3 amide bonds. The van der Waals surface area contributed by atoms with Crippen LogP contribution < -0.4 is 20.3 Å². The molecule has 2 aromatic rings. The maximum absolute atomic E-state index is 12.6. The minimum absolute atomic E-state index is 0.344. The highest BCUT2D eigenvalue weighted by atomic mass is 16.6. The number of anilines is 3. The van der Waals surface area contributed by atoms with Gasteiger partial charge in [-0.05, 0) is 63.2 Å². The van der Waals surface area contributed by atoms with Gasteiger partial charge in [0.1, 0.15) is 18.0 Å². The number of carbonyl (C=O) groups excluding carboxylic acids is 3. The van der Waals surface area contributed by atoms with E-state index in [1.807, 2.05) is 0 Å². The van der Waals surface area contributed by atoms with Crippen LogP contribution in [0.4, 0.5) is 26.7 Å². The number of methoxy groups -OCH3 is 1. The SMILES string of the molecule is COc1ccc(NC(=O)c2ccc(N3CCOC3=O)cc2)cc1NC(=O)OC(C)(C)C. The van der Waals surface area contributed by atoms with Crippen LogP contribution in [0.1, 0.15) is 31.1 Å². The molecule has 0 radical (unpaired) electrons. The van der Waals surface area contributed by atoms with Gasteiger partial charge >= 0.3 is 12.2 Å². The quantitative estimate of drug-likeness (QED) is 0.739. The van der Waals surface area contributed by atoms with Gasteiger partial charge in [0.05, 0.1) is 19.3 Å². The van der Waals surface area contributed by atoms with Gasteiger partial charge in [-0.1, -0.05) is 0 Å². The van der Waals surface area contributed by atoms with E-state index in [0.29, 0.717) is 41.5 Å². The van der Waals surface area contributed by atoms with Crippen LogP contribution in [0.25, 0.3) is 0 Å². The van der Waals surface area contributed by atoms with Crippen LogP contribution in [-0.4, -0.2) is 44.0 Å². The number of hydrogen-bond donors (Lipinski definition) is 2. The summed E-state index contributed by atoms with van der Waals surface area (Å²) in [6, 6.07) is 11.5. The summed E-state index contributed by atoms with van der Waals surface area (Å²) in [5.74, 6) is 0.0784. The standard InChI is InChI=1S/C22H25N3O6/c1-22(2,3)31-20(27)24-17-13-15(7-10-18(17)29-4)23-19(26)14-5-8-16(9-6-14)25-11-12-30-21(25)28/h5-10,13H,11-12H2,1-4H3,(H,23,26)(H,24,27). The van der Waals surface area contributed by atoms with E-state index in [9.17, 15) is 14.4 Å². The van der Waals surface area contributed by atoms with Gasteiger partial charge in [0, 0.05) is 16.9 Å². The molecule has 31 heavy (non-hydrogen) atoms. The third kappa shape index (κ3) is 5.65. The fourth-order valence-corrected chi connectivity index (χ4v) is 2.92. The summed E-state index contributed by atoms with van der Waals surface area (Å²) < 4.78 is 15.4. The Morgan fingerprint density at radius 3 is 2.35 bits per heavy atom. The maximum atomic E-state index is 12.6. The number of nitrogens with zero attached hydrogens (tertiary/aromatic N) is 1. The molecule has 164 valence electrons. The summed E-state index contributed by atoms with van der Waals surface area (Å²) in [5.41, 5.74) is 1.24. The van der Waals surface area contributed by atoms with E-state index in [4.69, 9.17) is 14.2 Å². The number of hydrogen-bond acceptors (Lipinski definition) is 6. The molecule has 0 saturated carbocycles. The van der Waals surface area contributed by atoms with Crippen LogP contribution in [0.3, 0.4) is 0 Å². The van der Waals surface area contributed by atoms with Crippen molar-refractivity contribution >= 4 is 35.2 Å². The lowest BCUT2D eigenvalue weighted by Crippen LogP contribution is -2.27. The number of rotatable bonds is 5. The summed E-state index contributed by atoms with van der Waals surface area (Å²) >= 11 is 0. The van der Waals surface area contributed by atoms with Crippen LogP contribution in [0.5, 0.6) is 5.75 Å². The zero-order chi connectivity index (χ0) is 22.6. The van der Waals surface area contributed by atoms with Gasteiger partial charge in [-0.3, -0.25) is 15.0 Å². The molecule has 1 heterocycles. The summed E-state index contributed by atoms with van der Waals surface area (Å²) in [5, 5.41) is 5.40. The first-order chi connectivity index (χ1) is 14.7. The predicted octanol–water partition coefficient (Wildman–Crippen LogP) is 4.25. The van der Waals surface area contributed by atoms with E-state index >= 15 is 0 Å². The second kappa shape index (κ2) is 8.95. The van der Waals surface area contributed by atoms with Crippen LogP contribution >= 0.6 is 0 Å². The highest BCUT2D eigenvalue weighted by Gasteiger charge is 2.23. The van der Waals surface area contributed by atoms with Gasteiger partial charge in [-0.15, -0.1) is 0 Å². The van der Waals surface area contributed by atoms with E-state index in [1.165, 1.54) is 12.0 Å². The molecule has 2 aromatic carbocycles. The number of ether oxygens (including phenoxy) is 3. The van der Waals surface area contributed by atoms with Crippen molar-refractivity contribution in [1.82, 2.24) is 0 Å². The molecular formula is C22H25N3O6. The van der Waals surface area contributed by atoms with Crippen molar-refractivity contribution in [3.05, 3.63) is 48.0 Å². The molecule has 0 spiro atoms. The van der Waals surface area contributed by atoms with Gasteiger partial charge in [-0.2, -0.15) is 0 Å². The number of cyclic esters (lactones) is 1. The molecule has 1 aliphatic rings. The summed E-state index contributed by atoms with van der Waals surface area (Å²) in [4.78, 5) is 37.9. The number of benzene rings is 2. The van der Waals surface area contributed by atoms with E-state index in [1.54, 1.807) is 63.2 Å². The van der Waals surface area contributed by atoms with E-state index in [2.05, 4.69) is 10.6 Å². The van der Waals surface area contributed by atoms with Gasteiger partial charge in [0.15, 0.2) is 0 Å². The Balaban J connectivity index is 1.70. The Kier molecular flexibility index (Phi) is 6.33. The molecule has 1 fully saturated rings. The van der Waals surface area contributed by atoms with Crippen molar-refractivity contribution in [3.63, 3.8) is 0 Å². The van der Waals surface area contributed by atoms with E-state index < -0.39 is 17.8 Å². The molecule has 2 N–H and O–H groups in total. The van der Waals surface area contributed by atoms with Crippen molar-refractivity contribution in [2.45, 2.75) is 26.4 Å². The fourth-order valence-electron chi connectivity index (χ4n) is 2.92. The maximum Gasteiger partial charge on any atom is 0.414 e. The lowest BCUT2D eigenvalue weighted by atomic mass is 10.1. The lowest BCUT2D eigenvalue weighted by molar-refractivity contribution is 0.0635. The summed E-state index contributed by atoms with van der Waals surface area (Å²) in [6.45, 7) is 6.11. The Morgan fingerprint density at radius 1 is 1.06 bits per heavy atom. The number of amides is 3. The highest BCUT2D eigenvalue weighted by Crippen LogP contribution is 2.29. The topological polar surface area (TPSA) is 106 Å². The minimum Gasteiger partial charge on any atom is -0.495 e. The largest absolute Gasteiger partial charge is 0.495 e. The third-order valence-electron chi connectivity index (χ3n) is 4.29. The van der Waals surface area contributed by atoms with Gasteiger partial charge < -0.3 is 19.5 Å². The molecule has 1 aliphatic heterocycles. The van der Waals surface area contributed by atoms with Crippen LogP contribution in [0, 0.1) is 0 Å². The van der Waals surface area contributed by atoms with E-state index in [0.717, 1.165) is 0 Å². The van der Waals surface area contributed by atoms with Crippen molar-refractivity contribution < 1.29 is 28.6 Å². The summed E-state index contributed by atoms with van der Waals surface area (Å²) in [6.07, 6.45) is -1.04. The fraction of sp³-hybridized carbons (Fsp3) is 0.318. The zero-order valence-electron chi connectivity index (χ0n) is 17.9. The Labute approximate surface area is 180 Å². The average molecular weight is 427 g/mol. The van der Waals surface area contributed by atoms with Crippen molar-refractivity contribution in [2.24, 2.45) is 0 Å². The second-order valence-electron chi connectivity index (χ2n) is 7.81. The van der Waals surface area contributed by atoms with Crippen LogP contribution in [-0.2, 0) is 9.47 Å². The molecule has 9 heteroatoms. The molecule has 9 nitrogen and oxygen atoms in total. The second-order valence-corrected chi connectivity index (χ2v) is 7.81. The molecule has 0 aliphatic carbocycles. The first-order valence-corrected chi connectivity index (χ1v) is 9.70. The smallest absolute Gasteiger partial charge is 0.414 e. The molecular weight excluding hydrogens is 402 g/mol. The average Bonchev–Trinajstić information content (AvgIpc) is 3.12. The summed E-state index contributed by atoms with van der Waals surface area (Å²) in [7, 11) is 1.48. The molecule has 1 saturated heterocycles. The van der Waals surface area contributed by atoms with E-state index in [-0.39, 0.29) is 5.91 Å². The monoisotopic (exact) mass is 427 g/mol. The van der Waals surface area contributed by atoms with Crippen molar-refractivity contribution in [2.75, 3.05) is 35.8 Å². The van der Waals surface area contributed by atoms with Gasteiger partial charge in [0.2, 0.25) is 0 Å². The minimum atomic E-state index is -0.652. The van der Waals surface area contributed by atoms with Gasteiger partial charge in [-0.25, -0.2) is 9.59 Å². The van der Waals surface area contributed by atoms with Crippen molar-refractivity contribution in [3.8, 4) is 5.75 Å². The Hall–Kier alpha value is -3.75. The molecule has 0 atom stereocenters. The van der Waals surface area contributed by atoms with Gasteiger partial charge in [0.25, 0.3) is 5.91 Å². The zero-order valence-corrected chi connectivity index (χ0v) is 17.9. The number of carbonyl (C=O) groups is 3. The lowest BCUT2D eigenvalue weighted by Gasteiger charge is -2.20. The molecule has 3 rings (SSSR count). The predicted molar refractivity (Wildman–Crippen MR) is 116 cm³/mol. The Morgan fingerprint density at radius 2 is 1.77 bits per heavy atom. The first-order valence-electron chi connectivity index (χ1n) is 9.70. The molecule has 0 bridgehead atoms. The molecule has 0 aromatic heterocycles. The Bertz CT molecular complexity index is 982. The van der Waals surface area contributed by atoms with Crippen LogP contribution in [0.15, 0.2) is 42.5 Å².